The molecule has 0 aromatic heterocycles. The molecule has 0 atom stereocenters. The Morgan fingerprint density at radius 1 is 1.38 bits per heavy atom. The Bertz CT molecular complexity index is 49.3. The highest BCUT2D eigenvalue weighted by molar-refractivity contribution is 5.85. The first-order valence-electron chi connectivity index (χ1n) is 2.22. The van der Waals surface area contributed by atoms with Crippen LogP contribution in [0.2, 0.25) is 0 Å². The topological polar surface area (TPSA) is 21.3 Å². The van der Waals surface area contributed by atoms with Crippen molar-refractivity contribution in [2.75, 3.05) is 7.11 Å². The standard InChI is InChI=1S/C4H9NO.2ClH/c1-6-5-4-2-3-4;;/h4-5H,2-3H2,1H3;2*1H. The van der Waals surface area contributed by atoms with Crippen LogP contribution >= 0.6 is 24.8 Å². The first kappa shape index (κ1) is 11.3. The monoisotopic (exact) mass is 159 g/mol. The van der Waals surface area contributed by atoms with E-state index in [1.165, 1.54) is 12.8 Å². The van der Waals surface area contributed by atoms with Crippen LogP contribution in [0.3, 0.4) is 0 Å². The highest BCUT2D eigenvalue weighted by atomic mass is 35.5. The van der Waals surface area contributed by atoms with Crippen molar-refractivity contribution in [2.24, 2.45) is 0 Å². The van der Waals surface area contributed by atoms with Crippen LogP contribution in [0.5, 0.6) is 0 Å². The van der Waals surface area contributed by atoms with Crippen molar-refractivity contribution < 1.29 is 4.84 Å². The van der Waals surface area contributed by atoms with Crippen LogP contribution < -0.4 is 5.48 Å². The number of nitrogens with one attached hydrogen (secondary N) is 1. The van der Waals surface area contributed by atoms with Crippen molar-refractivity contribution in [1.82, 2.24) is 5.48 Å². The van der Waals surface area contributed by atoms with E-state index in [1.807, 2.05) is 0 Å². The molecule has 0 heterocycles. The summed E-state index contributed by atoms with van der Waals surface area (Å²) in [4.78, 5) is 4.62. The molecular formula is C4H11Cl2NO. The minimum Gasteiger partial charge on any atom is -0.305 e. The van der Waals surface area contributed by atoms with Gasteiger partial charge in [-0.3, -0.25) is 0 Å². The molecule has 52 valence electrons. The zero-order valence-corrected chi connectivity index (χ0v) is 6.35. The Morgan fingerprint density at radius 2 is 1.88 bits per heavy atom. The number of hydrogen-bond acceptors (Lipinski definition) is 2. The van der Waals surface area contributed by atoms with Crippen molar-refractivity contribution in [1.29, 1.82) is 0 Å². The molecule has 0 radical (unpaired) electrons. The van der Waals surface area contributed by atoms with Gasteiger partial charge in [0.05, 0.1) is 7.11 Å². The van der Waals surface area contributed by atoms with Gasteiger partial charge in [-0.25, -0.2) is 0 Å². The third-order valence-corrected chi connectivity index (χ3v) is 0.862. The molecule has 0 saturated heterocycles. The predicted octanol–water partition coefficient (Wildman–Crippen LogP) is 1.14. The van der Waals surface area contributed by atoms with E-state index in [1.54, 1.807) is 7.11 Å². The summed E-state index contributed by atoms with van der Waals surface area (Å²) in [5.74, 6) is 0. The van der Waals surface area contributed by atoms with Gasteiger partial charge in [-0.05, 0) is 12.8 Å². The van der Waals surface area contributed by atoms with Crippen molar-refractivity contribution in [3.8, 4) is 0 Å². The van der Waals surface area contributed by atoms with E-state index in [4.69, 9.17) is 0 Å². The molecule has 1 aliphatic carbocycles. The minimum absolute atomic E-state index is 0. The van der Waals surface area contributed by atoms with E-state index in [0.29, 0.717) is 6.04 Å². The van der Waals surface area contributed by atoms with E-state index in [-0.39, 0.29) is 24.8 Å². The number of hydrogen-bond donors (Lipinski definition) is 1. The summed E-state index contributed by atoms with van der Waals surface area (Å²) in [7, 11) is 1.65. The fourth-order valence-corrected chi connectivity index (χ4v) is 0.368. The Hall–Kier alpha value is 0.500. The summed E-state index contributed by atoms with van der Waals surface area (Å²) in [5, 5.41) is 0. The molecule has 0 aromatic carbocycles. The Labute approximate surface area is 61.8 Å². The Kier molecular flexibility index (Phi) is 7.97. The average molecular weight is 160 g/mol. The van der Waals surface area contributed by atoms with E-state index in [2.05, 4.69) is 10.3 Å². The number of halogens is 2. The smallest absolute Gasteiger partial charge is 0.0572 e. The maximum Gasteiger partial charge on any atom is 0.0572 e. The molecule has 0 bridgehead atoms. The summed E-state index contributed by atoms with van der Waals surface area (Å²) in [6, 6.07) is 0.676. The summed E-state index contributed by atoms with van der Waals surface area (Å²) in [6.45, 7) is 0. The second kappa shape index (κ2) is 5.63. The van der Waals surface area contributed by atoms with Gasteiger partial charge in [0.15, 0.2) is 0 Å². The molecule has 1 fully saturated rings. The first-order chi connectivity index (χ1) is 2.93. The summed E-state index contributed by atoms with van der Waals surface area (Å²) in [6.07, 6.45) is 2.57. The fraction of sp³-hybridized carbons (Fsp3) is 1.00. The van der Waals surface area contributed by atoms with Gasteiger partial charge < -0.3 is 4.84 Å². The summed E-state index contributed by atoms with van der Waals surface area (Å²) >= 11 is 0. The van der Waals surface area contributed by atoms with Gasteiger partial charge in [-0.15, -0.1) is 24.8 Å². The molecule has 0 aliphatic heterocycles. The third kappa shape index (κ3) is 4.65. The van der Waals surface area contributed by atoms with E-state index in [0.717, 1.165) is 0 Å². The lowest BCUT2D eigenvalue weighted by Crippen LogP contribution is -2.12. The number of hydroxylamine groups is 1. The van der Waals surface area contributed by atoms with Crippen LogP contribution in [0.1, 0.15) is 12.8 Å². The molecule has 2 nitrogen and oxygen atoms in total. The van der Waals surface area contributed by atoms with Crippen LogP contribution in [-0.4, -0.2) is 13.2 Å². The van der Waals surface area contributed by atoms with Gasteiger partial charge in [-0.1, -0.05) is 0 Å². The van der Waals surface area contributed by atoms with Crippen molar-refractivity contribution >= 4 is 24.8 Å². The van der Waals surface area contributed by atoms with Gasteiger partial charge in [0.2, 0.25) is 0 Å². The Balaban J connectivity index is 0. The Morgan fingerprint density at radius 3 is 2.00 bits per heavy atom. The molecule has 4 heteroatoms. The zero-order valence-electron chi connectivity index (χ0n) is 4.72. The molecular weight excluding hydrogens is 149 g/mol. The molecule has 1 aliphatic rings. The van der Waals surface area contributed by atoms with Crippen LogP contribution in [0, 0.1) is 0 Å². The minimum atomic E-state index is 0. The van der Waals surface area contributed by atoms with Crippen LogP contribution in [0.15, 0.2) is 0 Å². The zero-order chi connectivity index (χ0) is 4.41. The van der Waals surface area contributed by atoms with Crippen LogP contribution in [0.25, 0.3) is 0 Å². The normalized spacial score (nSPS) is 16.1. The summed E-state index contributed by atoms with van der Waals surface area (Å²) in [5.41, 5.74) is 2.82. The largest absolute Gasteiger partial charge is 0.305 e. The van der Waals surface area contributed by atoms with Gasteiger partial charge in [-0.2, -0.15) is 5.48 Å². The van der Waals surface area contributed by atoms with Crippen molar-refractivity contribution in [3.63, 3.8) is 0 Å². The molecule has 0 amide bonds. The highest BCUT2D eigenvalue weighted by Crippen LogP contribution is 2.17. The second-order valence-corrected chi connectivity index (χ2v) is 1.60. The highest BCUT2D eigenvalue weighted by Gasteiger charge is 2.19. The lowest BCUT2D eigenvalue weighted by Gasteiger charge is -1.91. The average Bonchev–Trinajstić information content (AvgIpc) is 2.21. The summed E-state index contributed by atoms with van der Waals surface area (Å²) < 4.78 is 0. The molecule has 1 N–H and O–H groups in total. The van der Waals surface area contributed by atoms with Crippen LogP contribution in [-0.2, 0) is 4.84 Å². The molecule has 0 unspecified atom stereocenters. The van der Waals surface area contributed by atoms with E-state index in [9.17, 15) is 0 Å². The maximum absolute atomic E-state index is 4.62. The third-order valence-electron chi connectivity index (χ3n) is 0.862. The number of rotatable bonds is 2. The molecule has 0 spiro atoms. The molecule has 1 saturated carbocycles. The van der Waals surface area contributed by atoms with E-state index < -0.39 is 0 Å². The van der Waals surface area contributed by atoms with Gasteiger partial charge >= 0.3 is 0 Å². The second-order valence-electron chi connectivity index (χ2n) is 1.60. The first-order valence-corrected chi connectivity index (χ1v) is 2.22. The quantitative estimate of drug-likeness (QED) is 0.611. The fourth-order valence-electron chi connectivity index (χ4n) is 0.368. The predicted molar refractivity (Wildman–Crippen MR) is 37.7 cm³/mol. The maximum atomic E-state index is 4.62. The molecule has 1 rings (SSSR count). The van der Waals surface area contributed by atoms with Gasteiger partial charge in [0, 0.05) is 6.04 Å². The van der Waals surface area contributed by atoms with Crippen LogP contribution in [0.4, 0.5) is 0 Å². The van der Waals surface area contributed by atoms with E-state index >= 15 is 0 Å². The molecule has 8 heavy (non-hydrogen) atoms. The molecule has 0 aromatic rings. The lowest BCUT2D eigenvalue weighted by molar-refractivity contribution is 0.0863. The van der Waals surface area contributed by atoms with Crippen molar-refractivity contribution in [2.45, 2.75) is 18.9 Å². The van der Waals surface area contributed by atoms with Crippen molar-refractivity contribution in [3.05, 3.63) is 0 Å². The SMILES string of the molecule is CONC1CC1.Cl.Cl. The lowest BCUT2D eigenvalue weighted by atomic mass is 10.8. The van der Waals surface area contributed by atoms with Gasteiger partial charge in [0.25, 0.3) is 0 Å². The van der Waals surface area contributed by atoms with Gasteiger partial charge in [0.1, 0.15) is 0 Å².